The van der Waals surface area contributed by atoms with E-state index in [0.29, 0.717) is 31.2 Å². The van der Waals surface area contributed by atoms with Crippen LogP contribution < -0.4 is 16.0 Å². The summed E-state index contributed by atoms with van der Waals surface area (Å²) in [6, 6.07) is 1.81. The van der Waals surface area contributed by atoms with Gasteiger partial charge in [-0.2, -0.15) is 0 Å². The van der Waals surface area contributed by atoms with E-state index in [1.54, 1.807) is 23.3 Å². The second-order valence-electron chi connectivity index (χ2n) is 5.87. The average Bonchev–Trinajstić information content (AvgIpc) is 3.10. The van der Waals surface area contributed by atoms with Crippen molar-refractivity contribution in [3.8, 4) is 0 Å². The SMILES string of the molecule is NCCn1cc(C(=O)NC[C@@H]2CCCN(c3ncccn3)C2)nn1. The first kappa shape index (κ1) is 16.3. The fourth-order valence-electron chi connectivity index (χ4n) is 2.84. The summed E-state index contributed by atoms with van der Waals surface area (Å²) in [7, 11) is 0. The van der Waals surface area contributed by atoms with Crippen LogP contribution in [0.5, 0.6) is 0 Å². The first-order valence-electron chi connectivity index (χ1n) is 8.16. The second kappa shape index (κ2) is 7.82. The molecule has 0 aromatic carbocycles. The number of anilines is 1. The van der Waals surface area contributed by atoms with Crippen LogP contribution in [0.3, 0.4) is 0 Å². The van der Waals surface area contributed by atoms with Crippen molar-refractivity contribution < 1.29 is 4.79 Å². The molecule has 1 fully saturated rings. The lowest BCUT2D eigenvalue weighted by atomic mass is 9.98. The summed E-state index contributed by atoms with van der Waals surface area (Å²) in [5, 5.41) is 10.7. The van der Waals surface area contributed by atoms with Gasteiger partial charge >= 0.3 is 0 Å². The number of nitrogens with zero attached hydrogens (tertiary/aromatic N) is 6. The molecule has 3 N–H and O–H groups in total. The van der Waals surface area contributed by atoms with Crippen LogP contribution in [0.1, 0.15) is 23.3 Å². The lowest BCUT2D eigenvalue weighted by Gasteiger charge is -2.32. The Hall–Kier alpha value is -2.55. The van der Waals surface area contributed by atoms with Gasteiger partial charge in [0.25, 0.3) is 5.91 Å². The summed E-state index contributed by atoms with van der Waals surface area (Å²) < 4.78 is 1.57. The third-order valence-electron chi connectivity index (χ3n) is 4.03. The van der Waals surface area contributed by atoms with Gasteiger partial charge in [-0.1, -0.05) is 5.21 Å². The Balaban J connectivity index is 1.51. The van der Waals surface area contributed by atoms with Gasteiger partial charge < -0.3 is 16.0 Å². The zero-order chi connectivity index (χ0) is 16.8. The molecule has 2 aromatic heterocycles. The molecule has 1 aliphatic heterocycles. The standard InChI is InChI=1S/C15H22N8O/c16-4-8-23-11-13(20-21-23)14(24)19-9-12-3-1-7-22(10-12)15-17-5-2-6-18-15/h2,5-6,11-12H,1,3-4,7-10,16H2,(H,19,24)/t12-/m0/s1. The highest BCUT2D eigenvalue weighted by Gasteiger charge is 2.22. The number of nitrogens with one attached hydrogen (secondary N) is 1. The van der Waals surface area contributed by atoms with Crippen molar-refractivity contribution >= 4 is 11.9 Å². The molecular weight excluding hydrogens is 308 g/mol. The van der Waals surface area contributed by atoms with Crippen LogP contribution >= 0.6 is 0 Å². The summed E-state index contributed by atoms with van der Waals surface area (Å²) >= 11 is 0. The number of nitrogens with two attached hydrogens (primary N) is 1. The van der Waals surface area contributed by atoms with Gasteiger partial charge in [-0.15, -0.1) is 5.10 Å². The molecule has 3 heterocycles. The highest BCUT2D eigenvalue weighted by molar-refractivity contribution is 5.91. The molecule has 0 radical (unpaired) electrons. The van der Waals surface area contributed by atoms with Crippen LogP contribution in [0.2, 0.25) is 0 Å². The molecule has 128 valence electrons. The Morgan fingerprint density at radius 1 is 1.38 bits per heavy atom. The van der Waals surface area contributed by atoms with Crippen LogP contribution in [0, 0.1) is 5.92 Å². The van der Waals surface area contributed by atoms with E-state index in [4.69, 9.17) is 5.73 Å². The van der Waals surface area contributed by atoms with Crippen LogP contribution in [0.15, 0.2) is 24.7 Å². The first-order chi connectivity index (χ1) is 11.8. The summed E-state index contributed by atoms with van der Waals surface area (Å²) in [6.45, 7) is 3.40. The van der Waals surface area contributed by atoms with E-state index >= 15 is 0 Å². The molecule has 9 heteroatoms. The summed E-state index contributed by atoms with van der Waals surface area (Å²) in [6.07, 6.45) is 7.25. The van der Waals surface area contributed by atoms with Crippen LogP contribution in [-0.4, -0.2) is 57.0 Å². The van der Waals surface area contributed by atoms with E-state index in [1.165, 1.54) is 0 Å². The molecule has 2 aromatic rings. The van der Waals surface area contributed by atoms with Crippen LogP contribution in [0.25, 0.3) is 0 Å². The summed E-state index contributed by atoms with van der Waals surface area (Å²) in [4.78, 5) is 22.9. The molecule has 1 atom stereocenters. The maximum absolute atomic E-state index is 12.2. The lowest BCUT2D eigenvalue weighted by molar-refractivity contribution is 0.0940. The Labute approximate surface area is 140 Å². The molecule has 24 heavy (non-hydrogen) atoms. The van der Waals surface area contributed by atoms with Gasteiger partial charge in [-0.05, 0) is 24.8 Å². The first-order valence-corrected chi connectivity index (χ1v) is 8.16. The van der Waals surface area contributed by atoms with Gasteiger partial charge in [-0.25, -0.2) is 9.97 Å². The highest BCUT2D eigenvalue weighted by Crippen LogP contribution is 2.19. The molecule has 1 aliphatic rings. The van der Waals surface area contributed by atoms with E-state index in [2.05, 4.69) is 30.5 Å². The smallest absolute Gasteiger partial charge is 0.273 e. The van der Waals surface area contributed by atoms with Crippen molar-refractivity contribution in [2.45, 2.75) is 19.4 Å². The minimum Gasteiger partial charge on any atom is -0.350 e. The van der Waals surface area contributed by atoms with Crippen molar-refractivity contribution in [1.29, 1.82) is 0 Å². The molecule has 0 aliphatic carbocycles. The van der Waals surface area contributed by atoms with Crippen molar-refractivity contribution in [2.75, 3.05) is 31.1 Å². The molecule has 0 saturated carbocycles. The monoisotopic (exact) mass is 330 g/mol. The maximum Gasteiger partial charge on any atom is 0.273 e. The predicted octanol–water partition coefficient (Wildman–Crippen LogP) is -0.327. The quantitative estimate of drug-likeness (QED) is 0.745. The molecule has 3 rings (SSSR count). The molecule has 1 saturated heterocycles. The Morgan fingerprint density at radius 3 is 3.00 bits per heavy atom. The van der Waals surface area contributed by atoms with Crippen LogP contribution in [0.4, 0.5) is 5.95 Å². The molecule has 9 nitrogen and oxygen atoms in total. The van der Waals surface area contributed by atoms with Gasteiger partial charge in [-0.3, -0.25) is 9.48 Å². The van der Waals surface area contributed by atoms with E-state index < -0.39 is 0 Å². The second-order valence-corrected chi connectivity index (χ2v) is 5.87. The molecule has 0 unspecified atom stereocenters. The fraction of sp³-hybridized carbons (Fsp3) is 0.533. The van der Waals surface area contributed by atoms with Crippen molar-refractivity contribution in [3.05, 3.63) is 30.4 Å². The Kier molecular flexibility index (Phi) is 5.32. The van der Waals surface area contributed by atoms with Gasteiger partial charge in [0.2, 0.25) is 5.95 Å². The number of hydrogen-bond acceptors (Lipinski definition) is 7. The van der Waals surface area contributed by atoms with E-state index in [9.17, 15) is 4.79 Å². The number of rotatable bonds is 6. The van der Waals surface area contributed by atoms with Gasteiger partial charge in [0.15, 0.2) is 5.69 Å². The number of piperidine rings is 1. The fourth-order valence-corrected chi connectivity index (χ4v) is 2.84. The van der Waals surface area contributed by atoms with Crippen molar-refractivity contribution in [3.63, 3.8) is 0 Å². The molecule has 1 amide bonds. The zero-order valence-corrected chi connectivity index (χ0v) is 13.5. The van der Waals surface area contributed by atoms with E-state index in [0.717, 1.165) is 31.9 Å². The third-order valence-corrected chi connectivity index (χ3v) is 4.03. The topological polar surface area (TPSA) is 115 Å². The minimum atomic E-state index is -0.202. The third kappa shape index (κ3) is 4.05. The Bertz CT molecular complexity index is 659. The van der Waals surface area contributed by atoms with E-state index in [-0.39, 0.29) is 5.91 Å². The van der Waals surface area contributed by atoms with E-state index in [1.807, 2.05) is 6.07 Å². The van der Waals surface area contributed by atoms with Crippen molar-refractivity contribution in [2.24, 2.45) is 11.7 Å². The van der Waals surface area contributed by atoms with Crippen LogP contribution in [-0.2, 0) is 6.54 Å². The number of carbonyl (C=O) groups excluding carboxylic acids is 1. The van der Waals surface area contributed by atoms with Gasteiger partial charge in [0.05, 0.1) is 12.7 Å². The number of amides is 1. The zero-order valence-electron chi connectivity index (χ0n) is 13.5. The van der Waals surface area contributed by atoms with Crippen molar-refractivity contribution in [1.82, 2.24) is 30.3 Å². The van der Waals surface area contributed by atoms with Gasteiger partial charge in [0, 0.05) is 38.6 Å². The normalized spacial score (nSPS) is 17.7. The predicted molar refractivity (Wildman–Crippen MR) is 88.4 cm³/mol. The summed E-state index contributed by atoms with van der Waals surface area (Å²) in [5.74, 6) is 0.912. The molecular formula is C15H22N8O. The number of aromatic nitrogens is 5. The molecule has 0 spiro atoms. The van der Waals surface area contributed by atoms with Gasteiger partial charge in [0.1, 0.15) is 0 Å². The highest BCUT2D eigenvalue weighted by atomic mass is 16.2. The minimum absolute atomic E-state index is 0.202. The number of carbonyl (C=O) groups is 1. The average molecular weight is 330 g/mol. The molecule has 0 bridgehead atoms. The summed E-state index contributed by atoms with van der Waals surface area (Å²) in [5.41, 5.74) is 5.78. The largest absolute Gasteiger partial charge is 0.350 e. The lowest BCUT2D eigenvalue weighted by Crippen LogP contribution is -2.41. The maximum atomic E-state index is 12.2. The Morgan fingerprint density at radius 2 is 2.21 bits per heavy atom. The number of hydrogen-bond donors (Lipinski definition) is 2.